The highest BCUT2D eigenvalue weighted by Crippen LogP contribution is 2.11. The summed E-state index contributed by atoms with van der Waals surface area (Å²) in [5.41, 5.74) is 1.24. The molecule has 0 spiro atoms. The molecule has 1 aromatic heterocycles. The summed E-state index contributed by atoms with van der Waals surface area (Å²) in [6.07, 6.45) is 8.99. The zero-order valence-electron chi connectivity index (χ0n) is 6.91. The molecule has 0 N–H and O–H groups in total. The minimum absolute atomic E-state index is 0.529. The van der Waals surface area contributed by atoms with Gasteiger partial charge in [0, 0.05) is 6.20 Å². The first-order valence-electron chi connectivity index (χ1n) is 3.70. The van der Waals surface area contributed by atoms with Crippen LogP contribution in [0.3, 0.4) is 0 Å². The van der Waals surface area contributed by atoms with Crippen molar-refractivity contribution in [2.24, 2.45) is 0 Å². The lowest BCUT2D eigenvalue weighted by atomic mass is 10.1. The van der Waals surface area contributed by atoms with Crippen LogP contribution in [0.15, 0.2) is 12.4 Å². The van der Waals surface area contributed by atoms with Crippen LogP contribution in [-0.4, -0.2) is 9.78 Å². The molecule has 0 radical (unpaired) electrons. The zero-order valence-corrected chi connectivity index (χ0v) is 6.91. The summed E-state index contributed by atoms with van der Waals surface area (Å²) in [5, 5.41) is 4.10. The maximum Gasteiger partial charge on any atom is 0.101 e. The number of aromatic nitrogens is 2. The first-order valence-corrected chi connectivity index (χ1v) is 3.70. The lowest BCUT2D eigenvalue weighted by molar-refractivity contribution is 0.713. The molecule has 2 heteroatoms. The Bertz CT molecular complexity index is 265. The average Bonchev–Trinajstić information content (AvgIpc) is 2.37. The number of hydrogen-bond acceptors (Lipinski definition) is 1. The molecule has 0 bridgehead atoms. The maximum atomic E-state index is 5.14. The van der Waals surface area contributed by atoms with E-state index < -0.39 is 0 Å². The van der Waals surface area contributed by atoms with Crippen molar-refractivity contribution in [3.8, 4) is 12.3 Å². The molecule has 1 aromatic rings. The van der Waals surface area contributed by atoms with Crippen molar-refractivity contribution >= 4 is 0 Å². The molecule has 0 aromatic carbocycles. The third-order valence-corrected chi connectivity index (χ3v) is 1.57. The standard InChI is InChI=1S/C9H12N2/c1-4-5-11-7-9(6-10-11)8(2)3/h1,6-8H,5H2,2-3H3. The second-order valence-electron chi connectivity index (χ2n) is 2.83. The Kier molecular flexibility index (Phi) is 2.32. The van der Waals surface area contributed by atoms with E-state index in [4.69, 9.17) is 6.42 Å². The van der Waals surface area contributed by atoms with Gasteiger partial charge in [-0.3, -0.25) is 4.68 Å². The first kappa shape index (κ1) is 7.87. The first-order chi connectivity index (χ1) is 5.24. The molecular formula is C9H12N2. The van der Waals surface area contributed by atoms with Crippen LogP contribution < -0.4 is 0 Å². The van der Waals surface area contributed by atoms with Gasteiger partial charge in [-0.25, -0.2) is 0 Å². The monoisotopic (exact) mass is 148 g/mol. The molecule has 0 unspecified atom stereocenters. The van der Waals surface area contributed by atoms with E-state index in [1.54, 1.807) is 4.68 Å². The van der Waals surface area contributed by atoms with Gasteiger partial charge in [0.2, 0.25) is 0 Å². The van der Waals surface area contributed by atoms with Crippen LogP contribution in [0.5, 0.6) is 0 Å². The van der Waals surface area contributed by atoms with Gasteiger partial charge in [0.25, 0.3) is 0 Å². The molecule has 0 aliphatic rings. The van der Waals surface area contributed by atoms with E-state index in [0.717, 1.165) is 0 Å². The highest BCUT2D eigenvalue weighted by molar-refractivity contribution is 5.09. The van der Waals surface area contributed by atoms with Crippen molar-refractivity contribution in [1.29, 1.82) is 0 Å². The van der Waals surface area contributed by atoms with E-state index in [-0.39, 0.29) is 0 Å². The van der Waals surface area contributed by atoms with Gasteiger partial charge >= 0.3 is 0 Å². The molecule has 1 heterocycles. The average molecular weight is 148 g/mol. The molecule has 11 heavy (non-hydrogen) atoms. The van der Waals surface area contributed by atoms with E-state index in [1.807, 2.05) is 12.4 Å². The number of terminal acetylenes is 1. The summed E-state index contributed by atoms with van der Waals surface area (Å²) in [5.74, 6) is 3.07. The van der Waals surface area contributed by atoms with Crippen LogP contribution in [0.1, 0.15) is 25.3 Å². The maximum absolute atomic E-state index is 5.14. The van der Waals surface area contributed by atoms with E-state index in [1.165, 1.54) is 5.56 Å². The Hall–Kier alpha value is -1.23. The molecule has 0 amide bonds. The topological polar surface area (TPSA) is 17.8 Å². The highest BCUT2D eigenvalue weighted by atomic mass is 15.3. The quantitative estimate of drug-likeness (QED) is 0.583. The van der Waals surface area contributed by atoms with Gasteiger partial charge in [0.1, 0.15) is 6.54 Å². The second-order valence-corrected chi connectivity index (χ2v) is 2.83. The predicted octanol–water partition coefficient (Wildman–Crippen LogP) is 1.64. The van der Waals surface area contributed by atoms with Crippen LogP contribution in [0, 0.1) is 12.3 Å². The fraction of sp³-hybridized carbons (Fsp3) is 0.444. The Balaban J connectivity index is 2.75. The lowest BCUT2D eigenvalue weighted by Crippen LogP contribution is -1.94. The van der Waals surface area contributed by atoms with Crippen molar-refractivity contribution in [2.45, 2.75) is 26.3 Å². The van der Waals surface area contributed by atoms with Crippen molar-refractivity contribution < 1.29 is 0 Å². The Morgan fingerprint density at radius 3 is 2.91 bits per heavy atom. The summed E-state index contributed by atoms with van der Waals surface area (Å²) in [7, 11) is 0. The van der Waals surface area contributed by atoms with Gasteiger partial charge in [-0.2, -0.15) is 5.10 Å². The number of rotatable bonds is 2. The SMILES string of the molecule is C#CCn1cc(C(C)C)cn1. The molecule has 2 nitrogen and oxygen atoms in total. The summed E-state index contributed by atoms with van der Waals surface area (Å²) in [6, 6.07) is 0. The fourth-order valence-electron chi connectivity index (χ4n) is 0.858. The van der Waals surface area contributed by atoms with Crippen LogP contribution >= 0.6 is 0 Å². The minimum Gasteiger partial charge on any atom is -0.260 e. The lowest BCUT2D eigenvalue weighted by Gasteiger charge is -1.96. The van der Waals surface area contributed by atoms with E-state index >= 15 is 0 Å². The Morgan fingerprint density at radius 2 is 2.45 bits per heavy atom. The normalized spacial score (nSPS) is 10.0. The van der Waals surface area contributed by atoms with Crippen LogP contribution in [-0.2, 0) is 6.54 Å². The summed E-state index contributed by atoms with van der Waals surface area (Å²) >= 11 is 0. The van der Waals surface area contributed by atoms with Crippen molar-refractivity contribution in [3.63, 3.8) is 0 Å². The Morgan fingerprint density at radius 1 is 1.73 bits per heavy atom. The summed E-state index contributed by atoms with van der Waals surface area (Å²) < 4.78 is 1.77. The van der Waals surface area contributed by atoms with E-state index in [0.29, 0.717) is 12.5 Å². The predicted molar refractivity (Wildman–Crippen MR) is 45.1 cm³/mol. The van der Waals surface area contributed by atoms with Crippen LogP contribution in [0.2, 0.25) is 0 Å². The second kappa shape index (κ2) is 3.25. The van der Waals surface area contributed by atoms with Crippen molar-refractivity contribution in [3.05, 3.63) is 18.0 Å². The highest BCUT2D eigenvalue weighted by Gasteiger charge is 2.00. The fourth-order valence-corrected chi connectivity index (χ4v) is 0.858. The zero-order chi connectivity index (χ0) is 8.27. The molecule has 0 aliphatic carbocycles. The van der Waals surface area contributed by atoms with E-state index in [2.05, 4.69) is 24.9 Å². The minimum atomic E-state index is 0.529. The van der Waals surface area contributed by atoms with Crippen molar-refractivity contribution in [2.75, 3.05) is 0 Å². The molecule has 0 atom stereocenters. The molecule has 0 fully saturated rings. The van der Waals surface area contributed by atoms with Gasteiger partial charge in [0.05, 0.1) is 6.20 Å². The third-order valence-electron chi connectivity index (χ3n) is 1.57. The van der Waals surface area contributed by atoms with Gasteiger partial charge in [-0.15, -0.1) is 6.42 Å². The largest absolute Gasteiger partial charge is 0.260 e. The van der Waals surface area contributed by atoms with Gasteiger partial charge in [-0.05, 0) is 11.5 Å². The van der Waals surface area contributed by atoms with Gasteiger partial charge in [0.15, 0.2) is 0 Å². The smallest absolute Gasteiger partial charge is 0.101 e. The summed E-state index contributed by atoms with van der Waals surface area (Å²) in [4.78, 5) is 0. The van der Waals surface area contributed by atoms with Crippen molar-refractivity contribution in [1.82, 2.24) is 9.78 Å². The molecule has 58 valence electrons. The molecule has 1 rings (SSSR count). The summed E-state index contributed by atoms with van der Waals surface area (Å²) in [6.45, 7) is 4.83. The molecule has 0 saturated heterocycles. The van der Waals surface area contributed by atoms with E-state index in [9.17, 15) is 0 Å². The molecular weight excluding hydrogens is 136 g/mol. The number of hydrogen-bond donors (Lipinski definition) is 0. The van der Waals surface area contributed by atoms with Crippen LogP contribution in [0.25, 0.3) is 0 Å². The van der Waals surface area contributed by atoms with Crippen LogP contribution in [0.4, 0.5) is 0 Å². The number of nitrogens with zero attached hydrogens (tertiary/aromatic N) is 2. The van der Waals surface area contributed by atoms with Gasteiger partial charge < -0.3 is 0 Å². The van der Waals surface area contributed by atoms with Gasteiger partial charge in [-0.1, -0.05) is 19.8 Å². The third kappa shape index (κ3) is 1.84. The molecule has 0 saturated carbocycles. The molecule has 0 aliphatic heterocycles. The Labute approximate surface area is 67.2 Å².